The van der Waals surface area contributed by atoms with E-state index in [1.807, 2.05) is 0 Å². The first-order chi connectivity index (χ1) is 12.9. The molecule has 2 rings (SSSR count). The Balaban J connectivity index is 2.09. The number of halogens is 3. The minimum atomic E-state index is -5.14. The second-order valence-corrected chi connectivity index (χ2v) is 6.41. The third-order valence-electron chi connectivity index (χ3n) is 4.06. The van der Waals surface area contributed by atoms with Gasteiger partial charge in [-0.15, -0.1) is 0 Å². The molecule has 0 fully saturated rings. The van der Waals surface area contributed by atoms with E-state index in [0.717, 1.165) is 21.2 Å². The second kappa shape index (κ2) is 7.97. The van der Waals surface area contributed by atoms with Crippen molar-refractivity contribution in [2.45, 2.75) is 25.1 Å². The van der Waals surface area contributed by atoms with Crippen molar-refractivity contribution in [1.82, 2.24) is 19.4 Å². The fraction of sp³-hybridized carbons (Fsp3) is 0.412. The topological polar surface area (TPSA) is 100 Å². The van der Waals surface area contributed by atoms with Crippen LogP contribution in [0.25, 0.3) is 0 Å². The largest absolute Gasteiger partial charge is 0.425 e. The number of aromatic nitrogens is 3. The monoisotopic (exact) mass is 399 g/mol. The van der Waals surface area contributed by atoms with Crippen molar-refractivity contribution in [1.29, 1.82) is 0 Å². The number of nitrogens with one attached hydrogen (secondary N) is 1. The molecule has 2 aromatic heterocycles. The molecule has 8 nitrogen and oxygen atoms in total. The first-order valence-corrected chi connectivity index (χ1v) is 8.17. The summed E-state index contributed by atoms with van der Waals surface area (Å²) in [4.78, 5) is 32.6. The van der Waals surface area contributed by atoms with E-state index in [0.29, 0.717) is 0 Å². The predicted molar refractivity (Wildman–Crippen MR) is 93.0 cm³/mol. The van der Waals surface area contributed by atoms with Crippen LogP contribution in [0.15, 0.2) is 30.7 Å². The molecule has 0 saturated carbocycles. The Morgan fingerprint density at radius 1 is 1.29 bits per heavy atom. The number of aryl methyl sites for hydroxylation is 2. The van der Waals surface area contributed by atoms with Crippen LogP contribution in [0.5, 0.6) is 0 Å². The van der Waals surface area contributed by atoms with E-state index in [1.54, 1.807) is 19.1 Å². The number of carbonyl (C=O) groups excluding carboxylic acids is 2. The van der Waals surface area contributed by atoms with Crippen LogP contribution in [-0.4, -0.2) is 56.1 Å². The van der Waals surface area contributed by atoms with Gasteiger partial charge in [0.2, 0.25) is 17.4 Å². The van der Waals surface area contributed by atoms with Crippen LogP contribution in [0.3, 0.4) is 0 Å². The molecular weight excluding hydrogens is 379 g/mol. The average Bonchev–Trinajstić information content (AvgIpc) is 3.00. The van der Waals surface area contributed by atoms with Gasteiger partial charge in [0.15, 0.2) is 5.82 Å². The Bertz CT molecular complexity index is 868. The first-order valence-electron chi connectivity index (χ1n) is 8.17. The average molecular weight is 399 g/mol. The standard InChI is InChI=1S/C17H20F3N5O3/c1-11-4-5-21-12(8-11)23-13(26)10-25(3)14(27)9-16(28,17(18,19)20)15-22-6-7-24(15)2/h4-8,28H,9-10H2,1-3H3,(H,21,23,26). The fourth-order valence-corrected chi connectivity index (χ4v) is 2.51. The van der Waals surface area contributed by atoms with E-state index in [1.165, 1.54) is 26.5 Å². The zero-order valence-electron chi connectivity index (χ0n) is 15.5. The van der Waals surface area contributed by atoms with E-state index in [9.17, 15) is 27.9 Å². The number of likely N-dealkylation sites (N-methyl/N-ethyl adjacent to an activating group) is 1. The number of aliphatic hydroxyl groups is 1. The summed E-state index contributed by atoms with van der Waals surface area (Å²) >= 11 is 0. The molecule has 152 valence electrons. The van der Waals surface area contributed by atoms with Crippen molar-refractivity contribution in [3.05, 3.63) is 42.1 Å². The molecule has 0 aliphatic carbocycles. The van der Waals surface area contributed by atoms with Gasteiger partial charge in [-0.3, -0.25) is 9.59 Å². The minimum Gasteiger partial charge on any atom is -0.374 e. The molecule has 0 spiro atoms. The summed E-state index contributed by atoms with van der Waals surface area (Å²) in [6, 6.07) is 3.32. The third kappa shape index (κ3) is 4.66. The number of imidazole rings is 1. The highest BCUT2D eigenvalue weighted by molar-refractivity contribution is 5.93. The maximum Gasteiger partial charge on any atom is 0.425 e. The zero-order valence-corrected chi connectivity index (χ0v) is 15.5. The molecule has 0 saturated heterocycles. The van der Waals surface area contributed by atoms with Crippen LogP contribution in [-0.2, 0) is 22.2 Å². The van der Waals surface area contributed by atoms with Crippen LogP contribution in [0, 0.1) is 6.92 Å². The molecule has 2 heterocycles. The van der Waals surface area contributed by atoms with Gasteiger partial charge < -0.3 is 19.9 Å². The van der Waals surface area contributed by atoms with Gasteiger partial charge in [0.25, 0.3) is 0 Å². The summed E-state index contributed by atoms with van der Waals surface area (Å²) in [5.74, 6) is -2.17. The highest BCUT2D eigenvalue weighted by Gasteiger charge is 2.58. The lowest BCUT2D eigenvalue weighted by Crippen LogP contribution is -2.48. The summed E-state index contributed by atoms with van der Waals surface area (Å²) in [5, 5.41) is 12.7. The molecule has 2 N–H and O–H groups in total. The highest BCUT2D eigenvalue weighted by atomic mass is 19.4. The van der Waals surface area contributed by atoms with Crippen molar-refractivity contribution in [3.63, 3.8) is 0 Å². The Morgan fingerprint density at radius 2 is 1.96 bits per heavy atom. The number of nitrogens with zero attached hydrogens (tertiary/aromatic N) is 4. The molecule has 11 heteroatoms. The van der Waals surface area contributed by atoms with E-state index in [2.05, 4.69) is 15.3 Å². The lowest BCUT2D eigenvalue weighted by molar-refractivity contribution is -0.271. The van der Waals surface area contributed by atoms with Crippen molar-refractivity contribution >= 4 is 17.6 Å². The van der Waals surface area contributed by atoms with Crippen LogP contribution < -0.4 is 5.32 Å². The van der Waals surface area contributed by atoms with E-state index >= 15 is 0 Å². The van der Waals surface area contributed by atoms with Gasteiger partial charge in [0.1, 0.15) is 5.82 Å². The van der Waals surface area contributed by atoms with Crippen LogP contribution >= 0.6 is 0 Å². The Morgan fingerprint density at radius 3 is 2.50 bits per heavy atom. The number of alkyl halides is 3. The molecule has 1 unspecified atom stereocenters. The molecule has 0 aromatic carbocycles. The number of anilines is 1. The van der Waals surface area contributed by atoms with Crippen molar-refractivity contribution < 1.29 is 27.9 Å². The number of amides is 2. The van der Waals surface area contributed by atoms with Gasteiger partial charge in [-0.2, -0.15) is 13.2 Å². The fourth-order valence-electron chi connectivity index (χ4n) is 2.51. The van der Waals surface area contributed by atoms with Crippen molar-refractivity contribution in [2.75, 3.05) is 18.9 Å². The van der Waals surface area contributed by atoms with Gasteiger partial charge in [0.05, 0.1) is 13.0 Å². The van der Waals surface area contributed by atoms with Crippen LogP contribution in [0.2, 0.25) is 0 Å². The molecule has 0 aliphatic heterocycles. The van der Waals surface area contributed by atoms with E-state index in [4.69, 9.17) is 0 Å². The number of hydrogen-bond acceptors (Lipinski definition) is 5. The molecule has 28 heavy (non-hydrogen) atoms. The number of carbonyl (C=O) groups is 2. The van der Waals surface area contributed by atoms with E-state index < -0.39 is 42.4 Å². The van der Waals surface area contributed by atoms with Crippen molar-refractivity contribution in [2.24, 2.45) is 7.05 Å². The van der Waals surface area contributed by atoms with Gasteiger partial charge in [0, 0.05) is 32.7 Å². The minimum absolute atomic E-state index is 0.255. The summed E-state index contributed by atoms with van der Waals surface area (Å²) in [7, 11) is 2.44. The van der Waals surface area contributed by atoms with Gasteiger partial charge in [-0.25, -0.2) is 9.97 Å². The van der Waals surface area contributed by atoms with Gasteiger partial charge >= 0.3 is 6.18 Å². The quantitative estimate of drug-likeness (QED) is 0.764. The summed E-state index contributed by atoms with van der Waals surface area (Å²) in [6.45, 7) is 1.28. The first kappa shape index (κ1) is 21.4. The number of hydrogen-bond donors (Lipinski definition) is 2. The molecule has 2 amide bonds. The lowest BCUT2D eigenvalue weighted by Gasteiger charge is -2.30. The second-order valence-electron chi connectivity index (χ2n) is 6.41. The number of pyridine rings is 1. The zero-order chi connectivity index (χ0) is 21.1. The molecule has 1 atom stereocenters. The number of rotatable bonds is 6. The summed E-state index contributed by atoms with van der Waals surface area (Å²) in [6.07, 6.45) is -2.66. The Kier molecular flexibility index (Phi) is 6.07. The van der Waals surface area contributed by atoms with Crippen LogP contribution in [0.4, 0.5) is 19.0 Å². The SMILES string of the molecule is Cc1ccnc(NC(=O)CN(C)C(=O)CC(O)(c2nccn2C)C(F)(F)F)c1. The maximum atomic E-state index is 13.5. The van der Waals surface area contributed by atoms with Gasteiger partial charge in [-0.1, -0.05) is 0 Å². The molecule has 0 radical (unpaired) electrons. The van der Waals surface area contributed by atoms with Gasteiger partial charge in [-0.05, 0) is 24.6 Å². The maximum absolute atomic E-state index is 13.5. The summed E-state index contributed by atoms with van der Waals surface area (Å²) in [5.41, 5.74) is -2.63. The normalized spacial score (nSPS) is 13.7. The molecule has 0 bridgehead atoms. The van der Waals surface area contributed by atoms with Crippen molar-refractivity contribution in [3.8, 4) is 0 Å². The molecular formula is C17H20F3N5O3. The smallest absolute Gasteiger partial charge is 0.374 e. The lowest BCUT2D eigenvalue weighted by atomic mass is 9.97. The summed E-state index contributed by atoms with van der Waals surface area (Å²) < 4.78 is 41.5. The third-order valence-corrected chi connectivity index (χ3v) is 4.06. The predicted octanol–water partition coefficient (Wildman–Crippen LogP) is 1.36. The Hall–Kier alpha value is -2.95. The van der Waals surface area contributed by atoms with E-state index in [-0.39, 0.29) is 5.82 Å². The highest BCUT2D eigenvalue weighted by Crippen LogP contribution is 2.41. The Labute approximate surface area is 159 Å². The molecule has 2 aromatic rings. The van der Waals surface area contributed by atoms with Crippen LogP contribution in [0.1, 0.15) is 17.8 Å². The molecule has 0 aliphatic rings.